The lowest BCUT2D eigenvalue weighted by Crippen LogP contribution is -2.42. The monoisotopic (exact) mass is 486 g/mol. The Kier molecular flexibility index (Phi) is 7.78. The van der Waals surface area contributed by atoms with E-state index in [2.05, 4.69) is 5.32 Å². The van der Waals surface area contributed by atoms with E-state index in [9.17, 15) is 17.6 Å². The van der Waals surface area contributed by atoms with Crippen LogP contribution in [0.1, 0.15) is 24.1 Å². The van der Waals surface area contributed by atoms with Crippen molar-refractivity contribution in [2.24, 2.45) is 0 Å². The molecule has 0 aliphatic rings. The predicted molar refractivity (Wildman–Crippen MR) is 128 cm³/mol. The van der Waals surface area contributed by atoms with E-state index < -0.39 is 34.3 Å². The topological polar surface area (TPSA) is 84.9 Å². The fraction of sp³-hybridized carbons (Fsp3) is 0.240. The first kappa shape index (κ1) is 25.0. The molecule has 9 heteroatoms. The molecule has 1 atom stereocenters. The number of methoxy groups -OCH3 is 2. The average Bonchev–Trinajstić information content (AvgIpc) is 2.82. The van der Waals surface area contributed by atoms with Gasteiger partial charge in [-0.15, -0.1) is 0 Å². The van der Waals surface area contributed by atoms with Gasteiger partial charge in [0.1, 0.15) is 23.9 Å². The predicted octanol–water partition coefficient (Wildman–Crippen LogP) is 4.22. The number of sulfonamides is 1. The summed E-state index contributed by atoms with van der Waals surface area (Å²) in [4.78, 5) is 13.0. The first-order valence-electron chi connectivity index (χ1n) is 10.5. The minimum absolute atomic E-state index is 0.0448. The molecule has 1 amide bonds. The Morgan fingerprint density at radius 3 is 2.32 bits per heavy atom. The Bertz CT molecular complexity index is 1260. The Hall–Kier alpha value is -3.59. The van der Waals surface area contributed by atoms with Gasteiger partial charge in [-0.25, -0.2) is 12.8 Å². The molecule has 3 aromatic rings. The van der Waals surface area contributed by atoms with Crippen LogP contribution < -0.4 is 19.1 Å². The highest BCUT2D eigenvalue weighted by Crippen LogP contribution is 2.30. The van der Waals surface area contributed by atoms with Gasteiger partial charge in [-0.1, -0.05) is 29.8 Å². The molecule has 0 radical (unpaired) electrons. The summed E-state index contributed by atoms with van der Waals surface area (Å²) in [6, 6.07) is 16.2. The van der Waals surface area contributed by atoms with Crippen molar-refractivity contribution < 1.29 is 27.1 Å². The van der Waals surface area contributed by atoms with Crippen molar-refractivity contribution in [3.8, 4) is 11.5 Å². The van der Waals surface area contributed by atoms with Crippen molar-refractivity contribution in [1.29, 1.82) is 0 Å². The highest BCUT2D eigenvalue weighted by molar-refractivity contribution is 7.92. The molecular formula is C25H27FN2O5S. The number of hydrogen-bond donors (Lipinski definition) is 1. The molecule has 3 rings (SSSR count). The molecule has 0 aliphatic heterocycles. The van der Waals surface area contributed by atoms with E-state index >= 15 is 0 Å². The lowest BCUT2D eigenvalue weighted by molar-refractivity contribution is -0.120. The Balaban J connectivity index is 1.92. The summed E-state index contributed by atoms with van der Waals surface area (Å²) < 4.78 is 52.9. The van der Waals surface area contributed by atoms with Crippen LogP contribution in [-0.4, -0.2) is 35.1 Å². The first-order chi connectivity index (χ1) is 16.2. The van der Waals surface area contributed by atoms with Gasteiger partial charge in [-0.2, -0.15) is 0 Å². The summed E-state index contributed by atoms with van der Waals surface area (Å²) in [5, 5.41) is 2.77. The number of nitrogens with one attached hydrogen (secondary N) is 1. The van der Waals surface area contributed by atoms with Crippen LogP contribution in [0.5, 0.6) is 11.5 Å². The number of aryl methyl sites for hydroxylation is 1. The molecule has 34 heavy (non-hydrogen) atoms. The maximum Gasteiger partial charge on any atom is 0.264 e. The molecule has 0 saturated carbocycles. The minimum atomic E-state index is -4.22. The fourth-order valence-electron chi connectivity index (χ4n) is 3.46. The van der Waals surface area contributed by atoms with Gasteiger partial charge in [0.25, 0.3) is 10.0 Å². The number of anilines is 1. The van der Waals surface area contributed by atoms with Crippen LogP contribution in [0.25, 0.3) is 0 Å². The summed E-state index contributed by atoms with van der Waals surface area (Å²) in [5.41, 5.74) is 1.30. The molecule has 0 aromatic heterocycles. The van der Waals surface area contributed by atoms with Crippen molar-refractivity contribution in [1.82, 2.24) is 5.32 Å². The number of para-hydroxylation sites is 1. The molecule has 0 unspecified atom stereocenters. The van der Waals surface area contributed by atoms with E-state index in [1.807, 2.05) is 6.92 Å². The highest BCUT2D eigenvalue weighted by Gasteiger charge is 2.29. The molecule has 1 N–H and O–H groups in total. The Morgan fingerprint density at radius 2 is 1.71 bits per heavy atom. The van der Waals surface area contributed by atoms with E-state index in [1.165, 1.54) is 44.6 Å². The van der Waals surface area contributed by atoms with Crippen LogP contribution in [0.2, 0.25) is 0 Å². The van der Waals surface area contributed by atoms with Crippen LogP contribution in [0.3, 0.4) is 0 Å². The maximum absolute atomic E-state index is 14.6. The largest absolute Gasteiger partial charge is 0.497 e. The van der Waals surface area contributed by atoms with E-state index in [1.54, 1.807) is 37.3 Å². The third-order valence-corrected chi connectivity index (χ3v) is 7.07. The zero-order valence-corrected chi connectivity index (χ0v) is 20.2. The van der Waals surface area contributed by atoms with Crippen LogP contribution >= 0.6 is 0 Å². The van der Waals surface area contributed by atoms with E-state index in [0.29, 0.717) is 17.1 Å². The number of amides is 1. The van der Waals surface area contributed by atoms with E-state index in [-0.39, 0.29) is 10.6 Å². The first-order valence-corrected chi connectivity index (χ1v) is 12.0. The van der Waals surface area contributed by atoms with Gasteiger partial charge in [0.05, 0.1) is 30.8 Å². The maximum atomic E-state index is 14.6. The van der Waals surface area contributed by atoms with Crippen LogP contribution in [0.15, 0.2) is 71.6 Å². The number of carbonyl (C=O) groups is 1. The number of benzene rings is 3. The van der Waals surface area contributed by atoms with E-state index in [0.717, 1.165) is 15.9 Å². The Morgan fingerprint density at radius 1 is 1.03 bits per heavy atom. The zero-order valence-electron chi connectivity index (χ0n) is 19.4. The van der Waals surface area contributed by atoms with Crippen molar-refractivity contribution in [2.45, 2.75) is 24.8 Å². The van der Waals surface area contributed by atoms with Crippen molar-refractivity contribution in [3.05, 3.63) is 83.7 Å². The SMILES string of the molecule is COc1ccc(OC)c([C@H](C)NC(=O)CN(c2ccccc2F)S(=O)(=O)c2ccc(C)cc2)c1. The molecule has 0 bridgehead atoms. The van der Waals surface area contributed by atoms with Crippen molar-refractivity contribution in [3.63, 3.8) is 0 Å². The number of nitrogens with zero attached hydrogens (tertiary/aromatic N) is 1. The summed E-state index contributed by atoms with van der Waals surface area (Å²) in [6.45, 7) is 2.94. The number of halogens is 1. The number of ether oxygens (including phenoxy) is 2. The van der Waals surface area contributed by atoms with Crippen molar-refractivity contribution >= 4 is 21.6 Å². The molecule has 7 nitrogen and oxygen atoms in total. The summed E-state index contributed by atoms with van der Waals surface area (Å²) >= 11 is 0. The van der Waals surface area contributed by atoms with Gasteiger partial charge < -0.3 is 14.8 Å². The average molecular weight is 487 g/mol. The van der Waals surface area contributed by atoms with Crippen LogP contribution in [0.4, 0.5) is 10.1 Å². The summed E-state index contributed by atoms with van der Waals surface area (Å²) in [7, 11) is -1.19. The fourth-order valence-corrected chi connectivity index (χ4v) is 4.89. The van der Waals surface area contributed by atoms with Gasteiger partial charge in [0.2, 0.25) is 5.91 Å². The Labute approximate surface area is 199 Å². The van der Waals surface area contributed by atoms with Gasteiger partial charge in [-0.3, -0.25) is 9.10 Å². The van der Waals surface area contributed by atoms with Crippen LogP contribution in [-0.2, 0) is 14.8 Å². The van der Waals surface area contributed by atoms with Crippen molar-refractivity contribution in [2.75, 3.05) is 25.1 Å². The van der Waals surface area contributed by atoms with Gasteiger partial charge in [-0.05, 0) is 56.3 Å². The molecule has 0 spiro atoms. The second-order valence-electron chi connectivity index (χ2n) is 7.67. The minimum Gasteiger partial charge on any atom is -0.497 e. The summed E-state index contributed by atoms with van der Waals surface area (Å²) in [6.07, 6.45) is 0. The molecule has 0 fully saturated rings. The lowest BCUT2D eigenvalue weighted by Gasteiger charge is -2.26. The third-order valence-electron chi connectivity index (χ3n) is 5.30. The van der Waals surface area contributed by atoms with Crippen LogP contribution in [0, 0.1) is 12.7 Å². The number of rotatable bonds is 9. The molecule has 180 valence electrons. The van der Waals surface area contributed by atoms with Gasteiger partial charge in [0, 0.05) is 5.56 Å². The molecule has 0 heterocycles. The summed E-state index contributed by atoms with van der Waals surface area (Å²) in [5.74, 6) is -0.261. The lowest BCUT2D eigenvalue weighted by atomic mass is 10.1. The number of hydrogen-bond acceptors (Lipinski definition) is 5. The smallest absolute Gasteiger partial charge is 0.264 e. The third kappa shape index (κ3) is 5.48. The quantitative estimate of drug-likeness (QED) is 0.490. The second kappa shape index (κ2) is 10.6. The second-order valence-corrected chi connectivity index (χ2v) is 9.54. The zero-order chi connectivity index (χ0) is 24.9. The normalized spacial score (nSPS) is 12.0. The van der Waals surface area contributed by atoms with Gasteiger partial charge >= 0.3 is 0 Å². The molecule has 0 aliphatic carbocycles. The molecule has 0 saturated heterocycles. The highest BCUT2D eigenvalue weighted by atomic mass is 32.2. The molecule has 3 aromatic carbocycles. The molecular weight excluding hydrogens is 459 g/mol. The van der Waals surface area contributed by atoms with Gasteiger partial charge in [0.15, 0.2) is 0 Å². The van der Waals surface area contributed by atoms with E-state index in [4.69, 9.17) is 9.47 Å². The number of carbonyl (C=O) groups excluding carboxylic acids is 1. The standard InChI is InChI=1S/C25H27FN2O5S/c1-17-9-12-20(13-10-17)34(30,31)28(23-8-6-5-7-22(23)26)16-25(29)27-18(2)21-15-19(32-3)11-14-24(21)33-4/h5-15,18H,16H2,1-4H3,(H,27,29)/t18-/m0/s1.